The summed E-state index contributed by atoms with van der Waals surface area (Å²) in [6.45, 7) is 9.17. The minimum atomic E-state index is -0.922. The first kappa shape index (κ1) is 18.6. The van der Waals surface area contributed by atoms with Crippen molar-refractivity contribution in [1.82, 2.24) is 20.0 Å². The first-order valence-electron chi connectivity index (χ1n) is 8.84. The van der Waals surface area contributed by atoms with Crippen molar-refractivity contribution in [3.63, 3.8) is 0 Å². The van der Waals surface area contributed by atoms with Crippen LogP contribution >= 0.6 is 0 Å². The maximum absolute atomic E-state index is 13.1. The van der Waals surface area contributed by atoms with Crippen molar-refractivity contribution in [1.29, 1.82) is 0 Å². The van der Waals surface area contributed by atoms with Crippen LogP contribution in [0.5, 0.6) is 0 Å². The van der Waals surface area contributed by atoms with Crippen molar-refractivity contribution in [3.05, 3.63) is 12.3 Å². The van der Waals surface area contributed by atoms with Gasteiger partial charge in [-0.05, 0) is 47.5 Å². The van der Waals surface area contributed by atoms with Crippen molar-refractivity contribution in [2.24, 2.45) is 0 Å². The average Bonchev–Trinajstić information content (AvgIpc) is 3.14. The Morgan fingerprint density at radius 1 is 1.50 bits per heavy atom. The summed E-state index contributed by atoms with van der Waals surface area (Å²) in [5, 5.41) is 17.6. The number of rotatable bonds is 3. The van der Waals surface area contributed by atoms with Gasteiger partial charge in [0.05, 0.1) is 12.6 Å². The number of ether oxygens (including phenoxy) is 1. The number of amides is 2. The van der Waals surface area contributed by atoms with Crippen LogP contribution in [0, 0.1) is 0 Å². The van der Waals surface area contributed by atoms with E-state index >= 15 is 0 Å². The van der Waals surface area contributed by atoms with Crippen LogP contribution in [0.3, 0.4) is 0 Å². The summed E-state index contributed by atoms with van der Waals surface area (Å²) in [5.41, 5.74) is -1.56. The SMILES string of the molecule is CC1CCC2(CN(C(c3nnco3)[C@@H](C)O)C2=O)N1C(=O)OC(C)(C)C. The fourth-order valence-corrected chi connectivity index (χ4v) is 3.88. The van der Waals surface area contributed by atoms with Gasteiger partial charge in [0.1, 0.15) is 17.2 Å². The van der Waals surface area contributed by atoms with Gasteiger partial charge in [0, 0.05) is 6.04 Å². The molecule has 9 heteroatoms. The number of nitrogens with zero attached hydrogens (tertiary/aromatic N) is 4. The second kappa shape index (κ2) is 6.22. The van der Waals surface area contributed by atoms with Crippen LogP contribution in [0.25, 0.3) is 0 Å². The summed E-state index contributed by atoms with van der Waals surface area (Å²) in [4.78, 5) is 28.9. The monoisotopic (exact) mass is 366 g/mol. The Balaban J connectivity index is 1.83. The van der Waals surface area contributed by atoms with E-state index < -0.39 is 29.4 Å². The Kier molecular flexibility index (Phi) is 4.46. The Labute approximate surface area is 152 Å². The highest BCUT2D eigenvalue weighted by atomic mass is 16.6. The molecule has 26 heavy (non-hydrogen) atoms. The molecule has 2 saturated heterocycles. The highest BCUT2D eigenvalue weighted by molar-refractivity contribution is 5.96. The lowest BCUT2D eigenvalue weighted by atomic mass is 9.83. The molecule has 1 spiro atoms. The molecule has 1 N–H and O–H groups in total. The van der Waals surface area contributed by atoms with Crippen LogP contribution in [-0.2, 0) is 9.53 Å². The molecule has 2 aliphatic rings. The topological polar surface area (TPSA) is 109 Å². The number of hydrogen-bond donors (Lipinski definition) is 1. The van der Waals surface area contributed by atoms with Crippen LogP contribution in [0.4, 0.5) is 4.79 Å². The number of aromatic nitrogens is 2. The first-order valence-corrected chi connectivity index (χ1v) is 8.84. The number of hydrogen-bond acceptors (Lipinski definition) is 7. The third-order valence-electron chi connectivity index (χ3n) is 4.98. The van der Waals surface area contributed by atoms with Crippen molar-refractivity contribution in [2.45, 2.75) is 76.8 Å². The number of likely N-dealkylation sites (tertiary alicyclic amines) is 2. The molecule has 3 unspecified atom stereocenters. The van der Waals surface area contributed by atoms with Gasteiger partial charge in [-0.1, -0.05) is 0 Å². The molecule has 0 saturated carbocycles. The Hall–Kier alpha value is -2.16. The number of carbonyl (C=O) groups is 2. The van der Waals surface area contributed by atoms with Gasteiger partial charge in [-0.2, -0.15) is 0 Å². The molecular weight excluding hydrogens is 340 g/mol. The number of carbonyl (C=O) groups excluding carboxylic acids is 2. The molecule has 0 aromatic carbocycles. The van der Waals surface area contributed by atoms with E-state index in [1.807, 2.05) is 6.92 Å². The summed E-state index contributed by atoms with van der Waals surface area (Å²) in [6.07, 6.45) is 1.08. The third-order valence-corrected chi connectivity index (χ3v) is 4.98. The molecule has 1 aromatic rings. The molecule has 0 radical (unpaired) electrons. The van der Waals surface area contributed by atoms with Crippen LogP contribution in [0.2, 0.25) is 0 Å². The van der Waals surface area contributed by atoms with E-state index in [-0.39, 0.29) is 17.8 Å². The quantitative estimate of drug-likeness (QED) is 0.807. The van der Waals surface area contributed by atoms with Crippen LogP contribution in [0.1, 0.15) is 59.4 Å². The van der Waals surface area contributed by atoms with E-state index in [9.17, 15) is 14.7 Å². The second-order valence-corrected chi connectivity index (χ2v) is 8.17. The molecule has 3 heterocycles. The molecule has 2 aliphatic heterocycles. The fraction of sp³-hybridized carbons (Fsp3) is 0.765. The van der Waals surface area contributed by atoms with Gasteiger partial charge in [0.2, 0.25) is 12.3 Å². The number of β-lactam (4-membered cyclic amide) rings is 1. The maximum atomic E-state index is 13.1. The van der Waals surface area contributed by atoms with Crippen molar-refractivity contribution >= 4 is 12.0 Å². The van der Waals surface area contributed by atoms with E-state index in [1.54, 1.807) is 32.6 Å². The van der Waals surface area contributed by atoms with Gasteiger partial charge >= 0.3 is 6.09 Å². The van der Waals surface area contributed by atoms with Crippen LogP contribution in [-0.4, -0.2) is 66.9 Å². The van der Waals surface area contributed by atoms with Gasteiger partial charge in [0.15, 0.2) is 0 Å². The third kappa shape index (κ3) is 2.94. The number of aliphatic hydroxyl groups excluding tert-OH is 1. The average molecular weight is 366 g/mol. The highest BCUT2D eigenvalue weighted by Gasteiger charge is 2.64. The minimum absolute atomic E-state index is 0.0932. The van der Waals surface area contributed by atoms with E-state index in [0.717, 1.165) is 12.8 Å². The van der Waals surface area contributed by atoms with E-state index in [1.165, 1.54) is 4.90 Å². The van der Waals surface area contributed by atoms with E-state index in [4.69, 9.17) is 9.15 Å². The molecule has 0 aliphatic carbocycles. The molecule has 2 amide bonds. The van der Waals surface area contributed by atoms with Gasteiger partial charge in [-0.15, -0.1) is 10.2 Å². The lowest BCUT2D eigenvalue weighted by Crippen LogP contribution is -2.74. The molecule has 4 atom stereocenters. The Bertz CT molecular complexity index is 684. The van der Waals surface area contributed by atoms with Crippen LogP contribution < -0.4 is 0 Å². The zero-order valence-corrected chi connectivity index (χ0v) is 15.8. The van der Waals surface area contributed by atoms with Crippen molar-refractivity contribution in [2.75, 3.05) is 6.54 Å². The molecule has 144 valence electrons. The zero-order chi connectivity index (χ0) is 19.3. The van der Waals surface area contributed by atoms with Crippen molar-refractivity contribution in [3.8, 4) is 0 Å². The summed E-state index contributed by atoms with van der Waals surface area (Å²) in [7, 11) is 0. The van der Waals surface area contributed by atoms with Crippen LogP contribution in [0.15, 0.2) is 10.8 Å². The molecule has 3 rings (SSSR count). The Morgan fingerprint density at radius 3 is 2.69 bits per heavy atom. The van der Waals surface area contributed by atoms with E-state index in [0.29, 0.717) is 13.0 Å². The Morgan fingerprint density at radius 2 is 2.19 bits per heavy atom. The number of aliphatic hydroxyl groups is 1. The largest absolute Gasteiger partial charge is 0.444 e. The predicted molar refractivity (Wildman–Crippen MR) is 89.9 cm³/mol. The van der Waals surface area contributed by atoms with Gasteiger partial charge in [-0.25, -0.2) is 4.79 Å². The summed E-state index contributed by atoms with van der Waals surface area (Å²) in [5.74, 6) is -0.0464. The van der Waals surface area contributed by atoms with Crippen molar-refractivity contribution < 1.29 is 23.8 Å². The standard InChI is InChI=1S/C17H26N4O5/c1-10-6-7-17(21(10)15(24)26-16(3,4)5)8-20(14(17)23)12(11(2)22)13-19-18-9-25-13/h9-12,22H,6-8H2,1-5H3/t10?,11-,12?,17?/m1/s1. The second-order valence-electron chi connectivity index (χ2n) is 8.17. The van der Waals surface area contributed by atoms with Gasteiger partial charge < -0.3 is 19.2 Å². The molecule has 2 fully saturated rings. The highest BCUT2D eigenvalue weighted by Crippen LogP contribution is 2.46. The predicted octanol–water partition coefficient (Wildman–Crippen LogP) is 1.49. The molecule has 9 nitrogen and oxygen atoms in total. The summed E-state index contributed by atoms with van der Waals surface area (Å²) < 4.78 is 10.7. The summed E-state index contributed by atoms with van der Waals surface area (Å²) >= 11 is 0. The lowest BCUT2D eigenvalue weighted by molar-refractivity contribution is -0.171. The van der Waals surface area contributed by atoms with Gasteiger partial charge in [0.25, 0.3) is 5.91 Å². The molecular formula is C17H26N4O5. The summed E-state index contributed by atoms with van der Waals surface area (Å²) in [6, 6.07) is -0.823. The van der Waals surface area contributed by atoms with Gasteiger partial charge in [-0.3, -0.25) is 9.69 Å². The molecule has 0 bridgehead atoms. The smallest absolute Gasteiger partial charge is 0.411 e. The zero-order valence-electron chi connectivity index (χ0n) is 15.8. The minimum Gasteiger partial charge on any atom is -0.444 e. The normalized spacial score (nSPS) is 28.2. The van der Waals surface area contributed by atoms with E-state index in [2.05, 4.69) is 10.2 Å². The first-order chi connectivity index (χ1) is 12.1. The molecule has 1 aromatic heterocycles. The fourth-order valence-electron chi connectivity index (χ4n) is 3.88. The maximum Gasteiger partial charge on any atom is 0.411 e. The lowest BCUT2D eigenvalue weighted by Gasteiger charge is -2.53.